The largest absolute Gasteiger partial charge is 0.507 e. The lowest BCUT2D eigenvalue weighted by molar-refractivity contribution is 0.0971. The summed E-state index contributed by atoms with van der Waals surface area (Å²) in [6.45, 7) is 0. The van der Waals surface area contributed by atoms with Gasteiger partial charge in [-0.05, 0) is 18.2 Å². The zero-order valence-electron chi connectivity index (χ0n) is 11.5. The lowest BCUT2D eigenvalue weighted by atomic mass is 9.82. The molecule has 0 saturated carbocycles. The van der Waals surface area contributed by atoms with Crippen LogP contribution in [-0.4, -0.2) is 30.9 Å². The normalized spacial score (nSPS) is 12.7. The van der Waals surface area contributed by atoms with Crippen LogP contribution >= 0.6 is 0 Å². The van der Waals surface area contributed by atoms with Crippen molar-refractivity contribution in [3.8, 4) is 17.2 Å². The van der Waals surface area contributed by atoms with Crippen LogP contribution in [0.25, 0.3) is 0 Å². The van der Waals surface area contributed by atoms with Gasteiger partial charge < -0.3 is 14.6 Å². The minimum atomic E-state index is -0.421. The number of ketones is 2. The molecule has 3 rings (SSSR count). The summed E-state index contributed by atoms with van der Waals surface area (Å²) >= 11 is 0. The van der Waals surface area contributed by atoms with Crippen LogP contribution in [0.1, 0.15) is 31.8 Å². The van der Waals surface area contributed by atoms with Crippen molar-refractivity contribution in [1.82, 2.24) is 0 Å². The van der Waals surface area contributed by atoms with Crippen LogP contribution in [0.3, 0.4) is 0 Å². The molecule has 0 spiro atoms. The Hall–Kier alpha value is -2.82. The first-order valence-electron chi connectivity index (χ1n) is 6.26. The molecule has 5 heteroatoms. The molecule has 5 nitrogen and oxygen atoms in total. The second-order valence-electron chi connectivity index (χ2n) is 4.58. The molecule has 0 atom stereocenters. The minimum absolute atomic E-state index is 0.0277. The summed E-state index contributed by atoms with van der Waals surface area (Å²) in [5, 5.41) is 9.96. The maximum absolute atomic E-state index is 12.7. The van der Waals surface area contributed by atoms with Gasteiger partial charge in [-0.15, -0.1) is 0 Å². The van der Waals surface area contributed by atoms with Gasteiger partial charge in [0, 0.05) is 5.56 Å². The fraction of sp³-hybridized carbons (Fsp3) is 0.125. The quantitative estimate of drug-likeness (QED) is 0.781. The van der Waals surface area contributed by atoms with Gasteiger partial charge in [0.15, 0.2) is 5.78 Å². The molecule has 2 aromatic rings. The third kappa shape index (κ3) is 1.71. The number of phenols is 1. The van der Waals surface area contributed by atoms with Crippen molar-refractivity contribution in [3.05, 3.63) is 52.6 Å². The standard InChI is InChI=1S/C16H12O5/c1-20-10-5-3-4-8-12(10)16(19)14-11(21-2)7-6-9(17)13(14)15(8)18/h3-7,17H,1-2H3. The SMILES string of the molecule is COc1cccc2c1C(=O)c1c(OC)ccc(O)c1C2=O. The van der Waals surface area contributed by atoms with Gasteiger partial charge in [0.05, 0.1) is 30.9 Å². The second kappa shape index (κ2) is 4.63. The van der Waals surface area contributed by atoms with Crippen molar-refractivity contribution in [2.24, 2.45) is 0 Å². The summed E-state index contributed by atoms with van der Waals surface area (Å²) in [6, 6.07) is 7.59. The summed E-state index contributed by atoms with van der Waals surface area (Å²) in [5.41, 5.74) is 0.455. The number of hydrogen-bond acceptors (Lipinski definition) is 5. The molecule has 0 bridgehead atoms. The smallest absolute Gasteiger partial charge is 0.202 e. The van der Waals surface area contributed by atoms with Crippen LogP contribution < -0.4 is 9.47 Å². The van der Waals surface area contributed by atoms with Gasteiger partial charge in [-0.3, -0.25) is 9.59 Å². The highest BCUT2D eigenvalue weighted by Gasteiger charge is 2.36. The summed E-state index contributed by atoms with van der Waals surface area (Å²) < 4.78 is 10.3. The monoisotopic (exact) mass is 284 g/mol. The molecule has 21 heavy (non-hydrogen) atoms. The van der Waals surface area contributed by atoms with E-state index >= 15 is 0 Å². The molecular weight excluding hydrogens is 272 g/mol. The molecule has 1 aliphatic rings. The van der Waals surface area contributed by atoms with E-state index in [1.807, 2.05) is 0 Å². The van der Waals surface area contributed by atoms with E-state index in [1.165, 1.54) is 26.4 Å². The van der Waals surface area contributed by atoms with Crippen molar-refractivity contribution in [2.75, 3.05) is 14.2 Å². The third-order valence-corrected chi connectivity index (χ3v) is 3.54. The second-order valence-corrected chi connectivity index (χ2v) is 4.58. The van der Waals surface area contributed by atoms with Crippen molar-refractivity contribution >= 4 is 11.6 Å². The van der Waals surface area contributed by atoms with E-state index in [0.717, 1.165) is 0 Å². The number of ether oxygens (including phenoxy) is 2. The molecule has 0 radical (unpaired) electrons. The summed E-state index contributed by atoms with van der Waals surface area (Å²) in [7, 11) is 2.84. The Bertz CT molecular complexity index is 776. The number of fused-ring (bicyclic) bond motifs is 2. The van der Waals surface area contributed by atoms with Gasteiger partial charge in [-0.2, -0.15) is 0 Å². The lowest BCUT2D eigenvalue weighted by Crippen LogP contribution is -2.22. The van der Waals surface area contributed by atoms with Gasteiger partial charge in [0.25, 0.3) is 0 Å². The van der Waals surface area contributed by atoms with E-state index in [4.69, 9.17) is 9.47 Å². The Morgan fingerprint density at radius 2 is 1.48 bits per heavy atom. The Kier molecular flexibility index (Phi) is 2.90. The van der Waals surface area contributed by atoms with E-state index in [1.54, 1.807) is 18.2 Å². The average molecular weight is 284 g/mol. The summed E-state index contributed by atoms with van der Waals surface area (Å²) in [4.78, 5) is 25.3. The predicted molar refractivity (Wildman–Crippen MR) is 74.5 cm³/mol. The first-order chi connectivity index (χ1) is 10.1. The fourth-order valence-electron chi connectivity index (χ4n) is 2.58. The van der Waals surface area contributed by atoms with Crippen molar-refractivity contribution in [2.45, 2.75) is 0 Å². The molecule has 0 saturated heterocycles. The van der Waals surface area contributed by atoms with E-state index in [0.29, 0.717) is 5.75 Å². The van der Waals surface area contributed by atoms with Crippen LogP contribution in [0.2, 0.25) is 0 Å². The lowest BCUT2D eigenvalue weighted by Gasteiger charge is -2.21. The van der Waals surface area contributed by atoms with Gasteiger partial charge in [-0.25, -0.2) is 0 Å². The zero-order valence-corrected chi connectivity index (χ0v) is 11.5. The van der Waals surface area contributed by atoms with Gasteiger partial charge in [0.2, 0.25) is 5.78 Å². The van der Waals surface area contributed by atoms with E-state index < -0.39 is 11.6 Å². The minimum Gasteiger partial charge on any atom is -0.507 e. The van der Waals surface area contributed by atoms with E-state index in [-0.39, 0.29) is 33.8 Å². The summed E-state index contributed by atoms with van der Waals surface area (Å²) in [5.74, 6) is -0.489. The van der Waals surface area contributed by atoms with Crippen LogP contribution in [0, 0.1) is 0 Å². The molecule has 0 heterocycles. The van der Waals surface area contributed by atoms with Crippen LogP contribution in [0.5, 0.6) is 17.2 Å². The van der Waals surface area contributed by atoms with E-state index in [2.05, 4.69) is 0 Å². The number of phenolic OH excluding ortho intramolecular Hbond substituents is 1. The highest BCUT2D eigenvalue weighted by molar-refractivity contribution is 6.31. The number of carbonyl (C=O) groups is 2. The third-order valence-electron chi connectivity index (χ3n) is 3.54. The average Bonchev–Trinajstić information content (AvgIpc) is 2.51. The molecule has 0 amide bonds. The van der Waals surface area contributed by atoms with Gasteiger partial charge in [-0.1, -0.05) is 12.1 Å². The van der Waals surface area contributed by atoms with Crippen molar-refractivity contribution in [3.63, 3.8) is 0 Å². The fourth-order valence-corrected chi connectivity index (χ4v) is 2.58. The number of rotatable bonds is 2. The van der Waals surface area contributed by atoms with Crippen molar-refractivity contribution < 1.29 is 24.2 Å². The highest BCUT2D eigenvalue weighted by Crippen LogP contribution is 2.40. The number of methoxy groups -OCH3 is 2. The molecule has 1 aliphatic carbocycles. The number of benzene rings is 2. The molecule has 0 fully saturated rings. The maximum atomic E-state index is 12.7. The van der Waals surface area contributed by atoms with Crippen LogP contribution in [-0.2, 0) is 0 Å². The molecule has 2 aromatic carbocycles. The van der Waals surface area contributed by atoms with Crippen LogP contribution in [0.15, 0.2) is 30.3 Å². The zero-order chi connectivity index (χ0) is 15.1. The molecule has 106 valence electrons. The van der Waals surface area contributed by atoms with Gasteiger partial charge >= 0.3 is 0 Å². The Balaban J connectivity index is 2.39. The predicted octanol–water partition coefficient (Wildman–Crippen LogP) is 2.18. The highest BCUT2D eigenvalue weighted by atomic mass is 16.5. The molecule has 0 unspecified atom stereocenters. The van der Waals surface area contributed by atoms with Crippen LogP contribution in [0.4, 0.5) is 0 Å². The first-order valence-corrected chi connectivity index (χ1v) is 6.26. The molecule has 1 N–H and O–H groups in total. The first kappa shape index (κ1) is 13.2. The molecule has 0 aromatic heterocycles. The van der Waals surface area contributed by atoms with E-state index in [9.17, 15) is 14.7 Å². The Morgan fingerprint density at radius 1 is 0.810 bits per heavy atom. The topological polar surface area (TPSA) is 72.8 Å². The maximum Gasteiger partial charge on any atom is 0.202 e. The number of carbonyl (C=O) groups excluding carboxylic acids is 2. The van der Waals surface area contributed by atoms with Gasteiger partial charge in [0.1, 0.15) is 17.2 Å². The molecule has 0 aliphatic heterocycles. The number of aromatic hydroxyl groups is 1. The Labute approximate surface area is 120 Å². The van der Waals surface area contributed by atoms with Crippen molar-refractivity contribution in [1.29, 1.82) is 0 Å². The Morgan fingerprint density at radius 3 is 2.14 bits per heavy atom. The summed E-state index contributed by atoms with van der Waals surface area (Å²) in [6.07, 6.45) is 0. The molecular formula is C16H12O5. The number of hydrogen-bond donors (Lipinski definition) is 1.